The molecule has 1 fully saturated rings. The number of carbonyl (C=O) groups excluding carboxylic acids is 1. The first-order valence-electron chi connectivity index (χ1n) is 9.80. The monoisotopic (exact) mass is 383 g/mol. The van der Waals surface area contributed by atoms with Gasteiger partial charge in [0.2, 0.25) is 5.91 Å². The fraction of sp³-hybridized carbons (Fsp3) is 0.409. The molecule has 28 heavy (non-hydrogen) atoms. The first-order chi connectivity index (χ1) is 13.7. The fourth-order valence-electron chi connectivity index (χ4n) is 3.40. The third-order valence-electron chi connectivity index (χ3n) is 4.94. The summed E-state index contributed by atoms with van der Waals surface area (Å²) in [5.41, 5.74) is 2.99. The molecule has 6 nitrogen and oxygen atoms in total. The molecule has 2 aromatic carbocycles. The molecular formula is C22H29N3O3. The van der Waals surface area contributed by atoms with Gasteiger partial charge in [-0.2, -0.15) is 0 Å². The summed E-state index contributed by atoms with van der Waals surface area (Å²) in [4.78, 5) is 14.6. The van der Waals surface area contributed by atoms with Crippen LogP contribution in [0.15, 0.2) is 42.5 Å². The first-order valence-corrected chi connectivity index (χ1v) is 9.80. The van der Waals surface area contributed by atoms with Crippen LogP contribution in [0.3, 0.4) is 0 Å². The van der Waals surface area contributed by atoms with Crippen molar-refractivity contribution in [3.05, 3.63) is 42.5 Å². The second-order valence-corrected chi connectivity index (χ2v) is 6.89. The second-order valence-electron chi connectivity index (χ2n) is 6.89. The molecule has 0 atom stereocenters. The van der Waals surface area contributed by atoms with Gasteiger partial charge < -0.3 is 25.0 Å². The van der Waals surface area contributed by atoms with Crippen LogP contribution in [0.2, 0.25) is 0 Å². The zero-order valence-electron chi connectivity index (χ0n) is 16.7. The van der Waals surface area contributed by atoms with E-state index in [2.05, 4.69) is 39.8 Å². The maximum absolute atomic E-state index is 12.2. The normalized spacial score (nSPS) is 13.7. The summed E-state index contributed by atoms with van der Waals surface area (Å²) in [6, 6.07) is 13.8. The third-order valence-corrected chi connectivity index (χ3v) is 4.94. The molecule has 0 unspecified atom stereocenters. The number of nitrogens with zero attached hydrogens (tertiary/aromatic N) is 1. The molecule has 0 saturated carbocycles. The third kappa shape index (κ3) is 5.31. The highest BCUT2D eigenvalue weighted by molar-refractivity contribution is 5.91. The summed E-state index contributed by atoms with van der Waals surface area (Å²) in [5.74, 6) is 1.17. The van der Waals surface area contributed by atoms with E-state index >= 15 is 0 Å². The van der Waals surface area contributed by atoms with Gasteiger partial charge in [0.05, 0.1) is 14.2 Å². The van der Waals surface area contributed by atoms with Gasteiger partial charge in [-0.15, -0.1) is 0 Å². The van der Waals surface area contributed by atoms with Gasteiger partial charge in [0, 0.05) is 49.2 Å². The molecule has 0 bridgehead atoms. The SMILES string of the molecule is COc1ccc(NC(=O)CCNc2ccc(N3CCCCC3)cc2)cc1OC. The van der Waals surface area contributed by atoms with Crippen LogP contribution in [0.4, 0.5) is 17.1 Å². The molecule has 2 aromatic rings. The molecule has 6 heteroatoms. The van der Waals surface area contributed by atoms with Crippen LogP contribution in [-0.2, 0) is 4.79 Å². The van der Waals surface area contributed by atoms with Crippen molar-refractivity contribution in [2.75, 3.05) is 49.4 Å². The van der Waals surface area contributed by atoms with E-state index in [1.165, 1.54) is 24.9 Å². The minimum atomic E-state index is -0.0512. The number of hydrogen-bond donors (Lipinski definition) is 2. The number of methoxy groups -OCH3 is 2. The number of anilines is 3. The molecule has 1 heterocycles. The Labute approximate surface area is 166 Å². The maximum atomic E-state index is 12.2. The maximum Gasteiger partial charge on any atom is 0.226 e. The highest BCUT2D eigenvalue weighted by Crippen LogP contribution is 2.29. The molecule has 0 radical (unpaired) electrons. The van der Waals surface area contributed by atoms with E-state index in [9.17, 15) is 4.79 Å². The van der Waals surface area contributed by atoms with E-state index in [1.54, 1.807) is 32.4 Å². The number of ether oxygens (including phenoxy) is 2. The number of rotatable bonds is 8. The Kier molecular flexibility index (Phi) is 7.00. The molecule has 0 aromatic heterocycles. The van der Waals surface area contributed by atoms with Crippen molar-refractivity contribution in [1.29, 1.82) is 0 Å². The van der Waals surface area contributed by atoms with Crippen molar-refractivity contribution in [2.24, 2.45) is 0 Å². The van der Waals surface area contributed by atoms with Gasteiger partial charge >= 0.3 is 0 Å². The van der Waals surface area contributed by atoms with Crippen LogP contribution in [0, 0.1) is 0 Å². The summed E-state index contributed by atoms with van der Waals surface area (Å²) in [6.07, 6.45) is 4.26. The average molecular weight is 383 g/mol. The lowest BCUT2D eigenvalue weighted by atomic mass is 10.1. The van der Waals surface area contributed by atoms with Gasteiger partial charge in [0.1, 0.15) is 0 Å². The van der Waals surface area contributed by atoms with Crippen molar-refractivity contribution in [3.8, 4) is 11.5 Å². The lowest BCUT2D eigenvalue weighted by Gasteiger charge is -2.28. The molecule has 1 amide bonds. The van der Waals surface area contributed by atoms with Gasteiger partial charge in [0.25, 0.3) is 0 Å². The van der Waals surface area contributed by atoms with E-state index in [1.807, 2.05) is 0 Å². The van der Waals surface area contributed by atoms with Crippen LogP contribution in [0.25, 0.3) is 0 Å². The zero-order chi connectivity index (χ0) is 19.8. The Morgan fingerprint density at radius 1 is 0.929 bits per heavy atom. The van der Waals surface area contributed by atoms with Crippen molar-refractivity contribution in [3.63, 3.8) is 0 Å². The molecule has 3 rings (SSSR count). The first kappa shape index (κ1) is 19.9. The smallest absolute Gasteiger partial charge is 0.226 e. The van der Waals surface area contributed by atoms with E-state index in [0.29, 0.717) is 30.2 Å². The Morgan fingerprint density at radius 3 is 2.29 bits per heavy atom. The molecule has 0 aliphatic carbocycles. The number of piperidine rings is 1. The lowest BCUT2D eigenvalue weighted by molar-refractivity contribution is -0.115. The highest BCUT2D eigenvalue weighted by atomic mass is 16.5. The lowest BCUT2D eigenvalue weighted by Crippen LogP contribution is -2.29. The Balaban J connectivity index is 1.45. The van der Waals surface area contributed by atoms with Gasteiger partial charge in [-0.1, -0.05) is 0 Å². The zero-order valence-corrected chi connectivity index (χ0v) is 16.7. The van der Waals surface area contributed by atoms with Crippen LogP contribution in [-0.4, -0.2) is 39.8 Å². The molecule has 0 spiro atoms. The Bertz CT molecular complexity index is 771. The molecular weight excluding hydrogens is 354 g/mol. The van der Waals surface area contributed by atoms with Crippen molar-refractivity contribution >= 4 is 23.0 Å². The van der Waals surface area contributed by atoms with Crippen molar-refractivity contribution in [1.82, 2.24) is 0 Å². The van der Waals surface area contributed by atoms with Gasteiger partial charge in [0.15, 0.2) is 11.5 Å². The minimum absolute atomic E-state index is 0.0512. The predicted octanol–water partition coefficient (Wildman–Crippen LogP) is 4.13. The fourth-order valence-corrected chi connectivity index (χ4v) is 3.40. The largest absolute Gasteiger partial charge is 0.493 e. The summed E-state index contributed by atoms with van der Waals surface area (Å²) >= 11 is 0. The highest BCUT2D eigenvalue weighted by Gasteiger charge is 2.11. The number of nitrogens with one attached hydrogen (secondary N) is 2. The number of amides is 1. The second kappa shape index (κ2) is 9.88. The van der Waals surface area contributed by atoms with Crippen LogP contribution < -0.4 is 25.0 Å². The van der Waals surface area contributed by atoms with Gasteiger partial charge in [-0.3, -0.25) is 4.79 Å². The Morgan fingerprint density at radius 2 is 1.61 bits per heavy atom. The molecule has 150 valence electrons. The topological polar surface area (TPSA) is 62.8 Å². The van der Waals surface area contributed by atoms with Gasteiger partial charge in [-0.25, -0.2) is 0 Å². The van der Waals surface area contributed by atoms with Crippen LogP contribution in [0.1, 0.15) is 25.7 Å². The molecule has 1 aliphatic rings. The number of carbonyl (C=O) groups is 1. The van der Waals surface area contributed by atoms with Crippen LogP contribution >= 0.6 is 0 Å². The standard InChI is InChI=1S/C22H29N3O3/c1-27-20-11-8-18(16-21(20)28-2)24-22(26)12-13-23-17-6-9-19(10-7-17)25-14-4-3-5-15-25/h6-11,16,23H,3-5,12-15H2,1-2H3,(H,24,26). The quantitative estimate of drug-likeness (QED) is 0.717. The molecule has 1 aliphatic heterocycles. The van der Waals surface area contributed by atoms with E-state index < -0.39 is 0 Å². The molecule has 2 N–H and O–H groups in total. The van der Waals surface area contributed by atoms with E-state index in [4.69, 9.17) is 9.47 Å². The summed E-state index contributed by atoms with van der Waals surface area (Å²) < 4.78 is 10.5. The van der Waals surface area contributed by atoms with Gasteiger partial charge in [-0.05, 0) is 55.7 Å². The van der Waals surface area contributed by atoms with Crippen molar-refractivity contribution in [2.45, 2.75) is 25.7 Å². The number of benzene rings is 2. The minimum Gasteiger partial charge on any atom is -0.493 e. The van der Waals surface area contributed by atoms with Crippen molar-refractivity contribution < 1.29 is 14.3 Å². The predicted molar refractivity (Wildman–Crippen MR) is 114 cm³/mol. The summed E-state index contributed by atoms with van der Waals surface area (Å²) in [6.45, 7) is 2.86. The Hall–Kier alpha value is -2.89. The summed E-state index contributed by atoms with van der Waals surface area (Å²) in [5, 5.41) is 6.19. The molecule has 1 saturated heterocycles. The summed E-state index contributed by atoms with van der Waals surface area (Å²) in [7, 11) is 3.16. The average Bonchev–Trinajstić information content (AvgIpc) is 2.74. The van der Waals surface area contributed by atoms with Crippen LogP contribution in [0.5, 0.6) is 11.5 Å². The number of hydrogen-bond acceptors (Lipinski definition) is 5. The van der Waals surface area contributed by atoms with E-state index in [-0.39, 0.29) is 5.91 Å². The van der Waals surface area contributed by atoms with E-state index in [0.717, 1.165) is 18.8 Å².